The number of nitrogens with zero attached hydrogens (tertiary/aromatic N) is 2. The van der Waals surface area contributed by atoms with Crippen molar-refractivity contribution < 1.29 is 19.3 Å². The van der Waals surface area contributed by atoms with Gasteiger partial charge in [-0.3, -0.25) is 24.6 Å². The van der Waals surface area contributed by atoms with Gasteiger partial charge in [0.2, 0.25) is 11.8 Å². The molecule has 1 heterocycles. The summed E-state index contributed by atoms with van der Waals surface area (Å²) in [6.07, 6.45) is 1.33. The zero-order chi connectivity index (χ0) is 21.3. The molecule has 1 saturated heterocycles. The fourth-order valence-corrected chi connectivity index (χ4v) is 3.52. The molecule has 8 heteroatoms. The van der Waals surface area contributed by atoms with Gasteiger partial charge < -0.3 is 4.84 Å². The van der Waals surface area contributed by atoms with Gasteiger partial charge in [0, 0.05) is 30.5 Å². The van der Waals surface area contributed by atoms with Crippen molar-refractivity contribution in [3.05, 3.63) is 45.5 Å². The highest BCUT2D eigenvalue weighted by molar-refractivity contribution is 6.00. The van der Waals surface area contributed by atoms with E-state index in [0.717, 1.165) is 6.42 Å². The molecule has 2 amide bonds. The number of nitro benzene ring substituents is 1. The first-order chi connectivity index (χ1) is 13.0. The van der Waals surface area contributed by atoms with Crippen molar-refractivity contribution in [2.24, 2.45) is 11.3 Å². The van der Waals surface area contributed by atoms with Crippen LogP contribution in [0.3, 0.4) is 0 Å². The summed E-state index contributed by atoms with van der Waals surface area (Å²) in [6, 6.07) is 5.73. The van der Waals surface area contributed by atoms with Gasteiger partial charge >= 0.3 is 0 Å². The molecule has 2 rings (SSSR count). The van der Waals surface area contributed by atoms with Crippen molar-refractivity contribution in [1.29, 1.82) is 0 Å². The van der Waals surface area contributed by atoms with Crippen molar-refractivity contribution in [2.45, 2.75) is 59.4 Å². The van der Waals surface area contributed by atoms with Crippen molar-refractivity contribution >= 4 is 23.3 Å². The maximum Gasteiger partial charge on any atom is 0.269 e. The summed E-state index contributed by atoms with van der Waals surface area (Å²) in [4.78, 5) is 42.4. The first-order valence-corrected chi connectivity index (χ1v) is 9.15. The van der Waals surface area contributed by atoms with E-state index in [-0.39, 0.29) is 28.7 Å². The van der Waals surface area contributed by atoms with Gasteiger partial charge in [-0.05, 0) is 50.3 Å². The van der Waals surface area contributed by atoms with Crippen molar-refractivity contribution in [3.63, 3.8) is 0 Å². The second kappa shape index (κ2) is 7.71. The highest BCUT2D eigenvalue weighted by Gasteiger charge is 2.46. The number of carbonyl (C=O) groups is 2. The molecular weight excluding hydrogens is 362 g/mol. The zero-order valence-electron chi connectivity index (χ0n) is 16.9. The molecule has 0 aromatic heterocycles. The lowest BCUT2D eigenvalue weighted by atomic mass is 9.75. The number of amides is 2. The van der Waals surface area contributed by atoms with Crippen molar-refractivity contribution in [1.82, 2.24) is 4.90 Å². The SMILES string of the molecule is CCC1(C)CC(=O)N(C(C)(C)C(C)=C(ON)c2ccc([N+](=O)[O-])cc2)C(=O)C1. The van der Waals surface area contributed by atoms with E-state index in [9.17, 15) is 19.7 Å². The van der Waals surface area contributed by atoms with Gasteiger partial charge in [-0.2, -0.15) is 5.90 Å². The number of nitro groups is 1. The topological polar surface area (TPSA) is 116 Å². The van der Waals surface area contributed by atoms with Crippen LogP contribution in [0.2, 0.25) is 0 Å². The highest BCUT2D eigenvalue weighted by Crippen LogP contribution is 2.40. The molecule has 1 aliphatic rings. The standard InChI is InChI=1S/C20H27N3O5/c1-6-20(5)11-16(24)22(17(25)12-20)19(3,4)13(2)18(28-21)14-7-9-15(10-8-14)23(26)27/h7-10H,6,11-12,21H2,1-5H3. The van der Waals surface area contributed by atoms with E-state index in [2.05, 4.69) is 0 Å². The van der Waals surface area contributed by atoms with Crippen LogP contribution in [0.1, 0.15) is 59.4 Å². The molecular formula is C20H27N3O5. The Balaban J connectivity index is 2.45. The van der Waals surface area contributed by atoms with Gasteiger partial charge in [0.05, 0.1) is 10.5 Å². The van der Waals surface area contributed by atoms with Crippen LogP contribution < -0.4 is 5.90 Å². The summed E-state index contributed by atoms with van der Waals surface area (Å²) >= 11 is 0. The van der Waals surface area contributed by atoms with Gasteiger partial charge in [-0.1, -0.05) is 13.8 Å². The van der Waals surface area contributed by atoms with Gasteiger partial charge in [-0.25, -0.2) is 0 Å². The fourth-order valence-electron chi connectivity index (χ4n) is 3.52. The van der Waals surface area contributed by atoms with E-state index in [1.165, 1.54) is 29.2 Å². The van der Waals surface area contributed by atoms with Gasteiger partial charge in [0.1, 0.15) is 0 Å². The molecule has 1 fully saturated rings. The van der Waals surface area contributed by atoms with Gasteiger partial charge in [0.25, 0.3) is 5.69 Å². The van der Waals surface area contributed by atoms with Crippen molar-refractivity contribution in [3.8, 4) is 0 Å². The number of non-ortho nitro benzene ring substituents is 1. The first kappa shape index (κ1) is 21.6. The number of hydrogen-bond donors (Lipinski definition) is 1. The van der Waals surface area contributed by atoms with E-state index < -0.39 is 10.5 Å². The average Bonchev–Trinajstić information content (AvgIpc) is 2.61. The minimum Gasteiger partial charge on any atom is -0.411 e. The van der Waals surface area contributed by atoms with E-state index in [1.807, 2.05) is 13.8 Å². The van der Waals surface area contributed by atoms with E-state index in [0.29, 0.717) is 24.0 Å². The lowest BCUT2D eigenvalue weighted by molar-refractivity contribution is -0.384. The van der Waals surface area contributed by atoms with Crippen LogP contribution in [0.25, 0.3) is 5.76 Å². The smallest absolute Gasteiger partial charge is 0.269 e. The van der Waals surface area contributed by atoms with E-state index in [1.54, 1.807) is 20.8 Å². The second-order valence-electron chi connectivity index (χ2n) is 8.08. The molecule has 28 heavy (non-hydrogen) atoms. The number of imide groups is 1. The van der Waals surface area contributed by atoms with E-state index in [4.69, 9.17) is 10.7 Å². The minimum atomic E-state index is -0.973. The van der Waals surface area contributed by atoms with Crippen LogP contribution in [0.15, 0.2) is 29.8 Å². The molecule has 1 aromatic rings. The average molecular weight is 389 g/mol. The lowest BCUT2D eigenvalue weighted by Gasteiger charge is -2.45. The summed E-state index contributed by atoms with van der Waals surface area (Å²) in [5, 5.41) is 10.9. The zero-order valence-corrected chi connectivity index (χ0v) is 16.9. The van der Waals surface area contributed by atoms with Crippen LogP contribution in [0, 0.1) is 15.5 Å². The Kier molecular flexibility index (Phi) is 5.94. The van der Waals surface area contributed by atoms with E-state index >= 15 is 0 Å². The third-order valence-corrected chi connectivity index (χ3v) is 5.78. The summed E-state index contributed by atoms with van der Waals surface area (Å²) in [7, 11) is 0. The molecule has 1 aromatic carbocycles. The molecule has 2 N–H and O–H groups in total. The Morgan fingerprint density at radius 2 is 1.75 bits per heavy atom. The summed E-state index contributed by atoms with van der Waals surface area (Å²) in [5.74, 6) is 5.29. The Morgan fingerprint density at radius 1 is 1.25 bits per heavy atom. The molecule has 0 spiro atoms. The predicted molar refractivity (Wildman–Crippen MR) is 105 cm³/mol. The number of hydrogen-bond acceptors (Lipinski definition) is 6. The molecule has 0 atom stereocenters. The molecule has 1 aliphatic heterocycles. The second-order valence-corrected chi connectivity index (χ2v) is 8.08. The van der Waals surface area contributed by atoms with Crippen molar-refractivity contribution in [2.75, 3.05) is 0 Å². The number of nitrogens with two attached hydrogens (primary N) is 1. The molecule has 0 radical (unpaired) electrons. The number of benzene rings is 1. The molecule has 8 nitrogen and oxygen atoms in total. The van der Waals surface area contributed by atoms with Crippen LogP contribution in [0.4, 0.5) is 5.69 Å². The third kappa shape index (κ3) is 3.91. The van der Waals surface area contributed by atoms with Crippen LogP contribution in [0.5, 0.6) is 0 Å². The minimum absolute atomic E-state index is 0.0581. The monoisotopic (exact) mass is 389 g/mol. The molecule has 0 aliphatic carbocycles. The number of piperidine rings is 1. The predicted octanol–water partition coefficient (Wildman–Crippen LogP) is 3.56. The van der Waals surface area contributed by atoms with Crippen LogP contribution in [-0.4, -0.2) is 27.2 Å². The normalized spacial score (nSPS) is 18.0. The molecule has 152 valence electrons. The largest absolute Gasteiger partial charge is 0.411 e. The Morgan fingerprint density at radius 3 is 2.14 bits per heavy atom. The highest BCUT2D eigenvalue weighted by atomic mass is 16.6. The number of rotatable bonds is 6. The molecule has 0 saturated carbocycles. The van der Waals surface area contributed by atoms with Gasteiger partial charge in [-0.15, -0.1) is 0 Å². The number of carbonyl (C=O) groups excluding carboxylic acids is 2. The lowest BCUT2D eigenvalue weighted by Crippen LogP contribution is -2.57. The summed E-state index contributed by atoms with van der Waals surface area (Å²) in [6.45, 7) is 9.18. The maximum atomic E-state index is 12.8. The molecule has 0 unspecified atom stereocenters. The summed E-state index contributed by atoms with van der Waals surface area (Å²) < 4.78 is 0. The number of likely N-dealkylation sites (tertiary alicyclic amines) is 1. The van der Waals surface area contributed by atoms with Crippen LogP contribution >= 0.6 is 0 Å². The first-order valence-electron chi connectivity index (χ1n) is 9.15. The Hall–Kier alpha value is -2.74. The fraction of sp³-hybridized carbons (Fsp3) is 0.500. The molecule has 0 bridgehead atoms. The van der Waals surface area contributed by atoms with Crippen LogP contribution in [-0.2, 0) is 14.4 Å². The Bertz CT molecular complexity index is 809. The Labute approximate surface area is 164 Å². The third-order valence-electron chi connectivity index (χ3n) is 5.78. The summed E-state index contributed by atoms with van der Waals surface area (Å²) in [5.41, 5.74) is -0.263. The van der Waals surface area contributed by atoms with Gasteiger partial charge in [0.15, 0.2) is 5.76 Å². The maximum absolute atomic E-state index is 12.8. The quantitative estimate of drug-likeness (QED) is 0.344.